The average Bonchev–Trinajstić information content (AvgIpc) is 2.81. The molecule has 0 spiro atoms. The number of nitrogens with zero attached hydrogens (tertiary/aromatic N) is 2. The van der Waals surface area contributed by atoms with Crippen LogP contribution in [0.25, 0.3) is 0 Å². The Morgan fingerprint density at radius 2 is 1.85 bits per heavy atom. The molecule has 7 nitrogen and oxygen atoms in total. The van der Waals surface area contributed by atoms with Gasteiger partial charge < -0.3 is 10.4 Å². The summed E-state index contributed by atoms with van der Waals surface area (Å²) in [6.07, 6.45) is 1.31. The number of anilines is 1. The highest BCUT2D eigenvalue weighted by Crippen LogP contribution is 2.22. The van der Waals surface area contributed by atoms with Crippen LogP contribution < -0.4 is 10.7 Å². The molecule has 3 rings (SSSR count). The van der Waals surface area contributed by atoms with Crippen LogP contribution in [0.15, 0.2) is 71.8 Å². The van der Waals surface area contributed by atoms with Crippen molar-refractivity contribution in [1.82, 2.24) is 10.3 Å². The number of benzene rings is 3. The number of carbonyl (C=O) groups excluding carboxylic acids is 2. The van der Waals surface area contributed by atoms with E-state index in [0.29, 0.717) is 29.2 Å². The summed E-state index contributed by atoms with van der Waals surface area (Å²) in [6.45, 7) is 1.26. The molecule has 0 aliphatic rings. The number of hydrogen-bond acceptors (Lipinski definition) is 5. The number of nitrogens with one attached hydrogen (secondary N) is 2. The molecule has 0 heterocycles. The normalized spacial score (nSPS) is 11.1. The summed E-state index contributed by atoms with van der Waals surface area (Å²) in [4.78, 5) is 27.4. The lowest BCUT2D eigenvalue weighted by Crippen LogP contribution is -2.22. The number of carbonyl (C=O) groups is 2. The van der Waals surface area contributed by atoms with E-state index < -0.39 is 17.6 Å². The summed E-state index contributed by atoms with van der Waals surface area (Å²) in [7, 11) is 1.89. The monoisotopic (exact) mass is 482 g/mol. The average molecular weight is 483 g/mol. The second-order valence-electron chi connectivity index (χ2n) is 7.56. The smallest absolute Gasteiger partial charge is 0.273 e. The fraction of sp³-hybridized carbons (Fsp3) is 0.160. The molecular weight excluding hydrogens is 459 g/mol. The standard InChI is InChI=1S/C25H24ClFN4O3/c1-31(11-12-32)16-17-5-7-19(8-6-17)24(33)29-23-10-9-20(26)14-22(23)25(34)30-28-15-18-3-2-4-21(27)13-18/h2-10,13-15,32H,11-12,16H2,1H3,(H,29,33)(H,30,34)/b28-15+. The second-order valence-corrected chi connectivity index (χ2v) is 7.99. The van der Waals surface area contributed by atoms with Crippen LogP contribution in [0.4, 0.5) is 10.1 Å². The molecule has 2 amide bonds. The molecule has 3 N–H and O–H groups in total. The molecule has 3 aromatic rings. The highest BCUT2D eigenvalue weighted by Gasteiger charge is 2.15. The van der Waals surface area contributed by atoms with Gasteiger partial charge in [-0.15, -0.1) is 0 Å². The van der Waals surface area contributed by atoms with Gasteiger partial charge in [0.1, 0.15) is 5.82 Å². The van der Waals surface area contributed by atoms with E-state index in [1.165, 1.54) is 36.5 Å². The number of hydrogen-bond donors (Lipinski definition) is 3. The van der Waals surface area contributed by atoms with E-state index in [1.807, 2.05) is 24.1 Å². The van der Waals surface area contributed by atoms with E-state index >= 15 is 0 Å². The molecule has 176 valence electrons. The molecule has 0 fully saturated rings. The Kier molecular flexibility index (Phi) is 8.86. The van der Waals surface area contributed by atoms with Gasteiger partial charge >= 0.3 is 0 Å². The van der Waals surface area contributed by atoms with E-state index in [-0.39, 0.29) is 17.9 Å². The van der Waals surface area contributed by atoms with Crippen LogP contribution in [0, 0.1) is 5.82 Å². The maximum absolute atomic E-state index is 13.3. The first kappa shape index (κ1) is 25.0. The zero-order chi connectivity index (χ0) is 24.5. The molecular formula is C25H24ClFN4O3. The Morgan fingerprint density at radius 1 is 1.09 bits per heavy atom. The molecule has 3 aromatic carbocycles. The van der Waals surface area contributed by atoms with Gasteiger partial charge in [0.15, 0.2) is 0 Å². The van der Waals surface area contributed by atoms with Gasteiger partial charge in [-0.25, -0.2) is 9.82 Å². The quantitative estimate of drug-likeness (QED) is 0.318. The third-order valence-electron chi connectivity index (χ3n) is 4.85. The van der Waals surface area contributed by atoms with Crippen molar-refractivity contribution in [3.8, 4) is 0 Å². The van der Waals surface area contributed by atoms with Crippen molar-refractivity contribution in [2.45, 2.75) is 6.54 Å². The van der Waals surface area contributed by atoms with Gasteiger partial charge in [0.2, 0.25) is 0 Å². The molecule has 0 radical (unpaired) electrons. The van der Waals surface area contributed by atoms with Crippen LogP contribution in [0.3, 0.4) is 0 Å². The predicted octanol–water partition coefficient (Wildman–Crippen LogP) is 3.92. The van der Waals surface area contributed by atoms with Crippen molar-refractivity contribution >= 4 is 35.3 Å². The molecule has 0 bridgehead atoms. The van der Waals surface area contributed by atoms with E-state index in [4.69, 9.17) is 16.7 Å². The number of aliphatic hydroxyl groups is 1. The van der Waals surface area contributed by atoms with Crippen LogP contribution in [0.1, 0.15) is 31.8 Å². The number of halogens is 2. The van der Waals surface area contributed by atoms with Gasteiger partial charge in [0, 0.05) is 23.7 Å². The van der Waals surface area contributed by atoms with Gasteiger partial charge in [-0.1, -0.05) is 35.9 Å². The minimum atomic E-state index is -0.590. The first-order chi connectivity index (χ1) is 16.4. The maximum atomic E-state index is 13.3. The van der Waals surface area contributed by atoms with Gasteiger partial charge in [-0.2, -0.15) is 5.10 Å². The lowest BCUT2D eigenvalue weighted by Gasteiger charge is -2.15. The summed E-state index contributed by atoms with van der Waals surface area (Å²) in [5.41, 5.74) is 4.64. The minimum Gasteiger partial charge on any atom is -0.395 e. The van der Waals surface area contributed by atoms with Crippen molar-refractivity contribution in [2.75, 3.05) is 25.5 Å². The lowest BCUT2D eigenvalue weighted by atomic mass is 10.1. The summed E-state index contributed by atoms with van der Waals surface area (Å²) >= 11 is 6.05. The highest BCUT2D eigenvalue weighted by molar-refractivity contribution is 6.31. The van der Waals surface area contributed by atoms with Crippen LogP contribution >= 0.6 is 11.6 Å². The van der Waals surface area contributed by atoms with Crippen LogP contribution in [0.2, 0.25) is 5.02 Å². The van der Waals surface area contributed by atoms with Crippen LogP contribution in [-0.2, 0) is 6.54 Å². The molecule has 34 heavy (non-hydrogen) atoms. The van der Waals surface area contributed by atoms with Crippen molar-refractivity contribution in [3.05, 3.63) is 99.8 Å². The summed E-state index contributed by atoms with van der Waals surface area (Å²) in [6, 6.07) is 17.3. The Hall–Kier alpha value is -3.59. The lowest BCUT2D eigenvalue weighted by molar-refractivity contribution is 0.0956. The third kappa shape index (κ3) is 7.21. The van der Waals surface area contributed by atoms with Gasteiger partial charge in [0.25, 0.3) is 11.8 Å². The van der Waals surface area contributed by atoms with E-state index in [0.717, 1.165) is 5.56 Å². The fourth-order valence-corrected chi connectivity index (χ4v) is 3.32. The molecule has 0 aliphatic heterocycles. The number of amides is 2. The third-order valence-corrected chi connectivity index (χ3v) is 5.09. The van der Waals surface area contributed by atoms with Crippen LogP contribution in [-0.4, -0.2) is 48.2 Å². The first-order valence-corrected chi connectivity index (χ1v) is 10.8. The van der Waals surface area contributed by atoms with Crippen molar-refractivity contribution in [1.29, 1.82) is 0 Å². The van der Waals surface area contributed by atoms with Crippen molar-refractivity contribution in [2.24, 2.45) is 5.10 Å². The molecule has 0 saturated heterocycles. The zero-order valence-corrected chi connectivity index (χ0v) is 19.2. The van der Waals surface area contributed by atoms with Gasteiger partial charge in [0.05, 0.1) is 24.1 Å². The highest BCUT2D eigenvalue weighted by atomic mass is 35.5. The summed E-state index contributed by atoms with van der Waals surface area (Å²) in [5, 5.41) is 15.9. The Bertz CT molecular complexity index is 1190. The maximum Gasteiger partial charge on any atom is 0.273 e. The van der Waals surface area contributed by atoms with Crippen molar-refractivity contribution in [3.63, 3.8) is 0 Å². The molecule has 0 unspecified atom stereocenters. The van der Waals surface area contributed by atoms with Gasteiger partial charge in [-0.3, -0.25) is 14.5 Å². The van der Waals surface area contributed by atoms with E-state index in [1.54, 1.807) is 24.3 Å². The summed E-state index contributed by atoms with van der Waals surface area (Å²) < 4.78 is 13.3. The minimum absolute atomic E-state index is 0.0735. The van der Waals surface area contributed by atoms with Crippen molar-refractivity contribution < 1.29 is 19.1 Å². The molecule has 0 atom stereocenters. The Balaban J connectivity index is 1.69. The van der Waals surface area contributed by atoms with Crippen LogP contribution in [0.5, 0.6) is 0 Å². The summed E-state index contributed by atoms with van der Waals surface area (Å²) in [5.74, 6) is -1.40. The second kappa shape index (κ2) is 12.0. The van der Waals surface area contributed by atoms with Gasteiger partial charge in [-0.05, 0) is 60.6 Å². The number of likely N-dealkylation sites (N-methyl/N-ethyl adjacent to an activating group) is 1. The Labute approximate surface area is 201 Å². The zero-order valence-electron chi connectivity index (χ0n) is 18.5. The SMILES string of the molecule is CN(CCO)Cc1ccc(C(=O)Nc2ccc(Cl)cc2C(=O)N/N=C/c2cccc(F)c2)cc1. The number of hydrazone groups is 1. The number of rotatable bonds is 9. The largest absolute Gasteiger partial charge is 0.395 e. The topological polar surface area (TPSA) is 94.0 Å². The molecule has 9 heteroatoms. The van der Waals surface area contributed by atoms with E-state index in [2.05, 4.69) is 15.8 Å². The predicted molar refractivity (Wildman–Crippen MR) is 131 cm³/mol. The first-order valence-electron chi connectivity index (χ1n) is 10.4. The van der Waals surface area contributed by atoms with E-state index in [9.17, 15) is 14.0 Å². The molecule has 0 aliphatic carbocycles. The molecule has 0 saturated carbocycles. The Morgan fingerprint density at radius 3 is 2.56 bits per heavy atom. The number of aliphatic hydroxyl groups excluding tert-OH is 1. The molecule has 0 aromatic heterocycles. The fourth-order valence-electron chi connectivity index (χ4n) is 3.14.